The molecule has 2 aromatic heterocycles. The Morgan fingerprint density at radius 1 is 0.536 bits per heavy atom. The molecule has 0 radical (unpaired) electrons. The van der Waals surface area contributed by atoms with E-state index in [1.807, 2.05) is 97.1 Å². The Morgan fingerprint density at radius 3 is 1.61 bits per heavy atom. The van der Waals surface area contributed by atoms with Gasteiger partial charge in [0, 0.05) is 45.5 Å². The quantitative estimate of drug-likeness (QED) is 0.0838. The zero-order chi connectivity index (χ0) is 38.8. The number of benzene rings is 6. The maximum Gasteiger partial charge on any atom is 0.340 e. The van der Waals surface area contributed by atoms with Gasteiger partial charge in [-0.1, -0.05) is 48.5 Å². The molecule has 274 valence electrons. The second kappa shape index (κ2) is 14.7. The minimum absolute atomic E-state index is 0.0702. The molecule has 0 saturated heterocycles. The van der Waals surface area contributed by atoms with Crippen LogP contribution in [0.1, 0.15) is 0 Å². The summed E-state index contributed by atoms with van der Waals surface area (Å²) in [5.41, 5.74) is 4.92. The highest BCUT2D eigenvalue weighted by Crippen LogP contribution is 2.35. The maximum atomic E-state index is 11.5. The number of nitrogens with zero attached hydrogens (tertiary/aromatic N) is 10. The molecule has 0 fully saturated rings. The molecule has 56 heavy (non-hydrogen) atoms. The first-order valence-corrected chi connectivity index (χ1v) is 17.1. The zero-order valence-electron chi connectivity index (χ0n) is 29.8. The molecule has 16 heteroatoms. The normalized spacial score (nSPS) is 11.0. The molecule has 0 spiro atoms. The molecule has 6 aromatic carbocycles. The minimum atomic E-state index is -0.459. The molecule has 0 aliphatic rings. The fraction of sp³-hybridized carbons (Fsp3) is 0.0500. The van der Waals surface area contributed by atoms with E-state index in [0.29, 0.717) is 39.7 Å². The van der Waals surface area contributed by atoms with Gasteiger partial charge < -0.3 is 9.47 Å². The monoisotopic (exact) mass is 746 g/mol. The summed E-state index contributed by atoms with van der Waals surface area (Å²) in [4.78, 5) is 28.5. The van der Waals surface area contributed by atoms with Crippen molar-refractivity contribution in [3.05, 3.63) is 166 Å². The number of tetrazole rings is 2. The average Bonchev–Trinajstić information content (AvgIpc) is 3.90. The number of para-hydroxylation sites is 2. The Labute approximate surface area is 317 Å². The molecule has 0 saturated carbocycles. The van der Waals surface area contributed by atoms with Gasteiger partial charge in [0.2, 0.25) is 5.69 Å². The summed E-state index contributed by atoms with van der Waals surface area (Å²) in [5, 5.41) is 42.1. The van der Waals surface area contributed by atoms with Crippen LogP contribution < -0.4 is 19.1 Å². The van der Waals surface area contributed by atoms with Crippen LogP contribution in [0.3, 0.4) is 0 Å². The number of nitro groups is 2. The number of hydrogen-bond donors (Lipinski definition) is 0. The summed E-state index contributed by atoms with van der Waals surface area (Å²) < 4.78 is 11.8. The largest absolute Gasteiger partial charge is 0.496 e. The lowest BCUT2D eigenvalue weighted by molar-refractivity contribution is -0.734. The van der Waals surface area contributed by atoms with Crippen molar-refractivity contribution in [2.24, 2.45) is 0 Å². The molecule has 0 aliphatic carbocycles. The van der Waals surface area contributed by atoms with E-state index in [1.165, 1.54) is 24.3 Å². The molecule has 0 unspecified atom stereocenters. The average molecular weight is 747 g/mol. The molecule has 0 bridgehead atoms. The number of non-ortho nitro benzene ring substituents is 2. The van der Waals surface area contributed by atoms with Gasteiger partial charge in [-0.15, -0.1) is 0 Å². The van der Waals surface area contributed by atoms with Crippen molar-refractivity contribution in [3.63, 3.8) is 0 Å². The third-order valence-electron chi connectivity index (χ3n) is 8.84. The number of methoxy groups -OCH3 is 2. The Balaban J connectivity index is 1.20. The van der Waals surface area contributed by atoms with Gasteiger partial charge in [-0.05, 0) is 92.1 Å². The Morgan fingerprint density at radius 2 is 1.07 bits per heavy atom. The van der Waals surface area contributed by atoms with Gasteiger partial charge in [0.1, 0.15) is 17.1 Å². The predicted octanol–water partition coefficient (Wildman–Crippen LogP) is 6.24. The predicted molar refractivity (Wildman–Crippen MR) is 202 cm³/mol. The van der Waals surface area contributed by atoms with E-state index in [1.54, 1.807) is 57.7 Å². The van der Waals surface area contributed by atoms with Gasteiger partial charge in [-0.3, -0.25) is 20.2 Å². The van der Waals surface area contributed by atoms with Crippen molar-refractivity contribution < 1.29 is 28.9 Å². The van der Waals surface area contributed by atoms with Crippen molar-refractivity contribution in [2.45, 2.75) is 0 Å². The van der Waals surface area contributed by atoms with E-state index in [2.05, 4.69) is 0 Å². The number of rotatable bonds is 11. The summed E-state index contributed by atoms with van der Waals surface area (Å²) in [6.45, 7) is 0. The van der Waals surface area contributed by atoms with Gasteiger partial charge in [-0.2, -0.15) is 0 Å². The van der Waals surface area contributed by atoms with E-state index >= 15 is 0 Å². The molecule has 2 heterocycles. The molecular formula is C40H30N10O6+2. The molecule has 0 amide bonds. The van der Waals surface area contributed by atoms with Crippen molar-refractivity contribution >= 4 is 11.4 Å². The molecule has 8 rings (SSSR count). The summed E-state index contributed by atoms with van der Waals surface area (Å²) in [6, 6.07) is 42.3. The summed E-state index contributed by atoms with van der Waals surface area (Å²) in [5.74, 6) is 1.55. The zero-order valence-corrected chi connectivity index (χ0v) is 29.8. The molecule has 0 N–H and O–H groups in total. The first-order valence-electron chi connectivity index (χ1n) is 17.1. The van der Waals surface area contributed by atoms with Crippen LogP contribution in [-0.2, 0) is 0 Å². The number of nitro benzene ring substituents is 2. The third kappa shape index (κ3) is 6.64. The summed E-state index contributed by atoms with van der Waals surface area (Å²) in [6.07, 6.45) is 0. The Kier molecular flexibility index (Phi) is 9.17. The smallest absolute Gasteiger partial charge is 0.340 e. The first-order chi connectivity index (χ1) is 27.3. The van der Waals surface area contributed by atoms with E-state index in [9.17, 15) is 20.2 Å². The van der Waals surface area contributed by atoms with Crippen LogP contribution in [0.5, 0.6) is 11.5 Å². The second-order valence-electron chi connectivity index (χ2n) is 12.3. The van der Waals surface area contributed by atoms with Crippen molar-refractivity contribution in [2.75, 3.05) is 14.2 Å². The van der Waals surface area contributed by atoms with Crippen LogP contribution in [0.25, 0.3) is 56.7 Å². The molecule has 8 aromatic rings. The molecular weight excluding hydrogens is 717 g/mol. The fourth-order valence-electron chi connectivity index (χ4n) is 6.15. The summed E-state index contributed by atoms with van der Waals surface area (Å²) >= 11 is 0. The van der Waals surface area contributed by atoms with E-state index < -0.39 is 9.85 Å². The summed E-state index contributed by atoms with van der Waals surface area (Å²) in [7, 11) is 3.13. The molecule has 0 aliphatic heterocycles. The minimum Gasteiger partial charge on any atom is -0.496 e. The van der Waals surface area contributed by atoms with Crippen LogP contribution in [-0.4, -0.2) is 54.1 Å². The van der Waals surface area contributed by atoms with Gasteiger partial charge in [0.05, 0.1) is 45.4 Å². The number of hydrogen-bond acceptors (Lipinski definition) is 10. The Bertz CT molecular complexity index is 2750. The topological polar surface area (TPSA) is 174 Å². The standard InChI is InChI=1S/C40H30N10O6/c1-55-37-26-32(47-43-39(28-11-9-17-33(23-28)49(51)52)41-45(47)30-13-5-3-6-14-30)20-21-35(37)27-19-22-36(38(25-27)56-2)48-44-40(29-12-10-18-34(24-29)50(53)54)42-46(48)31-15-7-4-8-16-31/h3-26H,1-2H3/q+2. The third-order valence-corrected chi connectivity index (χ3v) is 8.84. The van der Waals surface area contributed by atoms with E-state index in [4.69, 9.17) is 29.9 Å². The van der Waals surface area contributed by atoms with Crippen LogP contribution in [0, 0.1) is 20.2 Å². The van der Waals surface area contributed by atoms with Crippen molar-refractivity contribution in [3.8, 4) is 68.2 Å². The highest BCUT2D eigenvalue weighted by Gasteiger charge is 2.29. The Hall–Kier alpha value is -8.14. The fourth-order valence-corrected chi connectivity index (χ4v) is 6.15. The lowest BCUT2D eigenvalue weighted by Gasteiger charge is -2.12. The van der Waals surface area contributed by atoms with Gasteiger partial charge in [0.15, 0.2) is 11.4 Å². The van der Waals surface area contributed by atoms with Crippen molar-refractivity contribution in [1.82, 2.24) is 30.0 Å². The second-order valence-corrected chi connectivity index (χ2v) is 12.3. The lowest BCUT2D eigenvalue weighted by atomic mass is 10.0. The van der Waals surface area contributed by atoms with E-state index in [-0.39, 0.29) is 23.0 Å². The number of ether oxygens (including phenoxy) is 2. The van der Waals surface area contributed by atoms with Crippen LogP contribution >= 0.6 is 0 Å². The first kappa shape index (κ1) is 34.9. The van der Waals surface area contributed by atoms with Crippen LogP contribution in [0.4, 0.5) is 11.4 Å². The van der Waals surface area contributed by atoms with Gasteiger partial charge in [0.25, 0.3) is 11.4 Å². The lowest BCUT2D eigenvalue weighted by Crippen LogP contribution is -2.43. The van der Waals surface area contributed by atoms with Crippen molar-refractivity contribution in [1.29, 1.82) is 0 Å². The van der Waals surface area contributed by atoms with Gasteiger partial charge >= 0.3 is 11.6 Å². The molecule has 16 nitrogen and oxygen atoms in total. The molecule has 0 atom stereocenters. The van der Waals surface area contributed by atoms with Crippen LogP contribution in [0.15, 0.2) is 146 Å². The maximum absolute atomic E-state index is 11.5. The van der Waals surface area contributed by atoms with E-state index in [0.717, 1.165) is 16.8 Å². The number of aromatic nitrogens is 8. The SMILES string of the molecule is COc1cc(-[n+]2nc(-c3cccc([N+](=O)[O-])c3)nn2-c2ccccc2)ccc1-c1ccc(-[n+]2nc(-c3cccc([N+](=O)[O-])c3)nn2-c2ccccc2)c(OC)c1. The van der Waals surface area contributed by atoms with Crippen LogP contribution in [0.2, 0.25) is 0 Å². The highest BCUT2D eigenvalue weighted by molar-refractivity contribution is 5.74. The highest BCUT2D eigenvalue weighted by atomic mass is 16.6. The van der Waals surface area contributed by atoms with Gasteiger partial charge in [-0.25, -0.2) is 0 Å².